The Morgan fingerprint density at radius 1 is 0.844 bits per heavy atom. The van der Waals surface area contributed by atoms with Crippen LogP contribution < -0.4 is 21.3 Å². The van der Waals surface area contributed by atoms with Gasteiger partial charge in [-0.1, -0.05) is 86.6 Å². The van der Waals surface area contributed by atoms with E-state index in [1.807, 2.05) is 86.6 Å². The second-order valence-corrected chi connectivity index (χ2v) is 11.7. The summed E-state index contributed by atoms with van der Waals surface area (Å²) in [6.07, 6.45) is 0.661. The van der Waals surface area contributed by atoms with Gasteiger partial charge in [0, 0.05) is 26.1 Å². The molecular weight excluding hydrogens is 574 g/mol. The molecule has 11 nitrogen and oxygen atoms in total. The first kappa shape index (κ1) is 33.3. The molecule has 3 aromatic carbocycles. The molecule has 45 heavy (non-hydrogen) atoms. The predicted molar refractivity (Wildman–Crippen MR) is 171 cm³/mol. The summed E-state index contributed by atoms with van der Waals surface area (Å²) >= 11 is 0. The summed E-state index contributed by atoms with van der Waals surface area (Å²) < 4.78 is 5.42. The van der Waals surface area contributed by atoms with Crippen LogP contribution in [0.1, 0.15) is 37.8 Å². The number of urea groups is 1. The van der Waals surface area contributed by atoms with Gasteiger partial charge in [-0.15, -0.1) is 0 Å². The smallest absolute Gasteiger partial charge is 0.408 e. The van der Waals surface area contributed by atoms with Gasteiger partial charge in [-0.2, -0.15) is 0 Å². The molecule has 0 radical (unpaired) electrons. The first-order chi connectivity index (χ1) is 21.7. The number of alkyl carbamates (subject to hydrolysis) is 1. The Hall–Kier alpha value is -4.64. The van der Waals surface area contributed by atoms with E-state index in [-0.39, 0.29) is 31.5 Å². The van der Waals surface area contributed by atoms with E-state index in [2.05, 4.69) is 21.3 Å². The molecule has 0 spiro atoms. The average molecular weight is 618 g/mol. The molecule has 5 N–H and O–H groups in total. The molecule has 0 aromatic heterocycles. The van der Waals surface area contributed by atoms with Gasteiger partial charge in [-0.3, -0.25) is 9.59 Å². The summed E-state index contributed by atoms with van der Waals surface area (Å²) in [5.74, 6) is -1.00. The molecule has 1 heterocycles. The molecule has 0 unspecified atom stereocenters. The monoisotopic (exact) mass is 617 g/mol. The zero-order valence-electron chi connectivity index (χ0n) is 25.8. The molecule has 3 atom stereocenters. The van der Waals surface area contributed by atoms with Crippen LogP contribution in [0.3, 0.4) is 0 Å². The second-order valence-electron chi connectivity index (χ2n) is 11.7. The van der Waals surface area contributed by atoms with Crippen molar-refractivity contribution in [1.29, 1.82) is 0 Å². The number of carbonyl (C=O) groups excluding carboxylic acids is 4. The standard InChI is InChI=1S/C34H43N5O6/c1-23(2)18-29(31(41)36-27(21-40)20-35-33(43)39-16-9-17-39)37-32(42)30(38-34(44)45-22-24-10-4-3-5-11-24)19-26-14-8-13-25-12-6-7-15-28(25)26/h3-8,10-15,23,27,29-30,40H,9,16-22H2,1-2H3,(H,35,43)(H,36,41)(H,37,42)(H,38,44)/t27-,29-,30-/m0/s1. The lowest BCUT2D eigenvalue weighted by atomic mass is 9.97. The predicted octanol–water partition coefficient (Wildman–Crippen LogP) is 3.10. The van der Waals surface area contributed by atoms with Crippen molar-refractivity contribution in [1.82, 2.24) is 26.2 Å². The Kier molecular flexibility index (Phi) is 12.1. The van der Waals surface area contributed by atoms with E-state index >= 15 is 0 Å². The summed E-state index contributed by atoms with van der Waals surface area (Å²) in [5, 5.41) is 22.8. The fourth-order valence-corrected chi connectivity index (χ4v) is 5.09. The summed E-state index contributed by atoms with van der Waals surface area (Å²) in [4.78, 5) is 53.9. The minimum atomic E-state index is -1.05. The lowest BCUT2D eigenvalue weighted by Crippen LogP contribution is -2.58. The number of likely N-dealkylation sites (tertiary alicyclic amines) is 1. The van der Waals surface area contributed by atoms with Crippen LogP contribution >= 0.6 is 0 Å². The molecule has 0 bridgehead atoms. The third kappa shape index (κ3) is 9.94. The molecule has 5 amide bonds. The molecular formula is C34H43N5O6. The van der Waals surface area contributed by atoms with E-state index in [0.717, 1.165) is 28.3 Å². The summed E-state index contributed by atoms with van der Waals surface area (Å²) in [5.41, 5.74) is 1.65. The zero-order chi connectivity index (χ0) is 32.2. The second kappa shape index (κ2) is 16.4. The quantitative estimate of drug-likeness (QED) is 0.188. The summed E-state index contributed by atoms with van der Waals surface area (Å²) in [7, 11) is 0. The Labute approximate surface area is 263 Å². The van der Waals surface area contributed by atoms with Gasteiger partial charge < -0.3 is 36.0 Å². The highest BCUT2D eigenvalue weighted by molar-refractivity contribution is 5.92. The zero-order valence-corrected chi connectivity index (χ0v) is 25.8. The number of nitrogens with zero attached hydrogens (tertiary/aromatic N) is 1. The van der Waals surface area contributed by atoms with Crippen molar-refractivity contribution >= 4 is 34.7 Å². The van der Waals surface area contributed by atoms with Crippen LogP contribution in [0.5, 0.6) is 0 Å². The van der Waals surface area contributed by atoms with Crippen LogP contribution in [0.2, 0.25) is 0 Å². The topological polar surface area (TPSA) is 149 Å². The van der Waals surface area contributed by atoms with Crippen molar-refractivity contribution in [2.75, 3.05) is 26.2 Å². The highest BCUT2D eigenvalue weighted by Gasteiger charge is 2.30. The molecule has 11 heteroatoms. The van der Waals surface area contributed by atoms with Gasteiger partial charge in [-0.25, -0.2) is 9.59 Å². The maximum absolute atomic E-state index is 13.8. The van der Waals surface area contributed by atoms with Gasteiger partial charge >= 0.3 is 12.1 Å². The fraction of sp³-hybridized carbons (Fsp3) is 0.412. The Morgan fingerprint density at radius 3 is 2.22 bits per heavy atom. The number of carbonyl (C=O) groups is 4. The average Bonchev–Trinajstić information content (AvgIpc) is 3.00. The summed E-state index contributed by atoms with van der Waals surface area (Å²) in [6.45, 7) is 4.89. The Balaban J connectivity index is 1.47. The van der Waals surface area contributed by atoms with Crippen LogP contribution in [-0.4, -0.2) is 78.3 Å². The molecule has 1 aliphatic rings. The number of hydrogen-bond acceptors (Lipinski definition) is 6. The third-order valence-electron chi connectivity index (χ3n) is 7.68. The van der Waals surface area contributed by atoms with Crippen LogP contribution in [0.15, 0.2) is 72.8 Å². The van der Waals surface area contributed by atoms with Crippen molar-refractivity contribution in [3.8, 4) is 0 Å². The molecule has 1 saturated heterocycles. The van der Waals surface area contributed by atoms with Crippen LogP contribution in [0.25, 0.3) is 10.8 Å². The molecule has 4 rings (SSSR count). The van der Waals surface area contributed by atoms with Crippen molar-refractivity contribution < 1.29 is 29.0 Å². The van der Waals surface area contributed by atoms with Gasteiger partial charge in [-0.05, 0) is 40.7 Å². The Morgan fingerprint density at radius 2 is 1.53 bits per heavy atom. The molecule has 0 aliphatic carbocycles. The lowest BCUT2D eigenvalue weighted by Gasteiger charge is -2.31. The minimum Gasteiger partial charge on any atom is -0.445 e. The normalized spacial score (nSPS) is 14.5. The number of benzene rings is 3. The van der Waals surface area contributed by atoms with Crippen LogP contribution in [-0.2, 0) is 27.4 Å². The van der Waals surface area contributed by atoms with Crippen LogP contribution in [0, 0.1) is 5.92 Å². The van der Waals surface area contributed by atoms with Gasteiger partial charge in [0.05, 0.1) is 12.6 Å². The first-order valence-electron chi connectivity index (χ1n) is 15.4. The van der Waals surface area contributed by atoms with Gasteiger partial charge in [0.1, 0.15) is 18.7 Å². The Bertz CT molecular complexity index is 1440. The van der Waals surface area contributed by atoms with Gasteiger partial charge in [0.15, 0.2) is 0 Å². The molecule has 0 saturated carbocycles. The molecule has 1 aliphatic heterocycles. The molecule has 240 valence electrons. The van der Waals surface area contributed by atoms with E-state index in [9.17, 15) is 24.3 Å². The fourth-order valence-electron chi connectivity index (χ4n) is 5.09. The highest BCUT2D eigenvalue weighted by atomic mass is 16.5. The highest BCUT2D eigenvalue weighted by Crippen LogP contribution is 2.20. The van der Waals surface area contributed by atoms with Crippen LogP contribution in [0.4, 0.5) is 9.59 Å². The summed E-state index contributed by atoms with van der Waals surface area (Å²) in [6, 6.07) is 19.8. The van der Waals surface area contributed by atoms with Gasteiger partial charge in [0.2, 0.25) is 11.8 Å². The molecule has 3 aromatic rings. The number of aliphatic hydroxyl groups excluding tert-OH is 1. The maximum Gasteiger partial charge on any atom is 0.408 e. The number of rotatable bonds is 14. The van der Waals surface area contributed by atoms with E-state index in [1.54, 1.807) is 4.90 Å². The minimum absolute atomic E-state index is 0.0322. The van der Waals surface area contributed by atoms with E-state index < -0.39 is 42.6 Å². The first-order valence-corrected chi connectivity index (χ1v) is 15.4. The van der Waals surface area contributed by atoms with E-state index in [4.69, 9.17) is 4.74 Å². The number of aliphatic hydroxyl groups is 1. The largest absolute Gasteiger partial charge is 0.445 e. The van der Waals surface area contributed by atoms with E-state index in [1.165, 1.54) is 0 Å². The van der Waals surface area contributed by atoms with Crippen molar-refractivity contribution in [3.63, 3.8) is 0 Å². The number of hydrogen-bond donors (Lipinski definition) is 5. The maximum atomic E-state index is 13.8. The van der Waals surface area contributed by atoms with Gasteiger partial charge in [0.25, 0.3) is 0 Å². The van der Waals surface area contributed by atoms with Crippen molar-refractivity contribution in [2.45, 2.75) is 57.8 Å². The SMILES string of the molecule is CC(C)C[C@H](NC(=O)[C@H](Cc1cccc2ccccc12)NC(=O)OCc1ccccc1)C(=O)N[C@H](CO)CNC(=O)N1CCC1. The van der Waals surface area contributed by atoms with Crippen molar-refractivity contribution in [3.05, 3.63) is 83.9 Å². The lowest BCUT2D eigenvalue weighted by molar-refractivity contribution is -0.130. The van der Waals surface area contributed by atoms with E-state index in [0.29, 0.717) is 19.5 Å². The number of amides is 5. The van der Waals surface area contributed by atoms with Crippen molar-refractivity contribution in [2.24, 2.45) is 5.92 Å². The number of nitrogens with one attached hydrogen (secondary N) is 4. The number of fused-ring (bicyclic) bond motifs is 1. The molecule has 1 fully saturated rings. The number of ether oxygens (including phenoxy) is 1. The third-order valence-corrected chi connectivity index (χ3v) is 7.68.